The number of nitrogen functional groups attached to an aromatic ring is 1. The third-order valence-electron chi connectivity index (χ3n) is 1.86. The minimum atomic E-state index is 0. The second kappa shape index (κ2) is 6.52. The van der Waals surface area contributed by atoms with Crippen molar-refractivity contribution in [3.8, 4) is 0 Å². The first-order valence-corrected chi connectivity index (χ1v) is 5.03. The maximum absolute atomic E-state index is 7.32. The van der Waals surface area contributed by atoms with E-state index in [-0.39, 0.29) is 30.6 Å². The molecule has 0 aliphatic heterocycles. The minimum absolute atomic E-state index is 0. The molecule has 3 N–H and O–H groups in total. The van der Waals surface area contributed by atoms with Gasteiger partial charge in [-0.25, -0.2) is 4.98 Å². The van der Waals surface area contributed by atoms with E-state index in [9.17, 15) is 0 Å². The third kappa shape index (κ3) is 3.23. The molecule has 16 heavy (non-hydrogen) atoms. The van der Waals surface area contributed by atoms with Crippen LogP contribution < -0.4 is 5.73 Å². The van der Waals surface area contributed by atoms with Crippen LogP contribution in [0, 0.1) is 5.41 Å². The van der Waals surface area contributed by atoms with Crippen molar-refractivity contribution in [1.29, 1.82) is 5.41 Å². The highest BCUT2D eigenvalue weighted by molar-refractivity contribution is 7.09. The fourth-order valence-electron chi connectivity index (χ4n) is 1.25. The van der Waals surface area contributed by atoms with Gasteiger partial charge in [-0.3, -0.25) is 5.41 Å². The molecule has 0 saturated carbocycles. The van der Waals surface area contributed by atoms with Crippen LogP contribution in [0.25, 0.3) is 0 Å². The number of nitrogens with two attached hydrogens (primary N) is 1. The molecular formula is C9H12Cl2N4S. The van der Waals surface area contributed by atoms with Crippen LogP contribution in [0.1, 0.15) is 10.7 Å². The zero-order chi connectivity index (χ0) is 9.97. The first kappa shape index (κ1) is 15.0. The Labute approximate surface area is 110 Å². The number of hydrogen-bond donors (Lipinski definition) is 2. The molecule has 88 valence electrons. The number of imidazole rings is 1. The molecule has 2 heterocycles. The van der Waals surface area contributed by atoms with Crippen molar-refractivity contribution >= 4 is 42.0 Å². The summed E-state index contributed by atoms with van der Waals surface area (Å²) < 4.78 is 1.87. The second-order valence-electron chi connectivity index (χ2n) is 2.87. The lowest BCUT2D eigenvalue weighted by atomic mass is 10.4. The van der Waals surface area contributed by atoms with Gasteiger partial charge in [-0.1, -0.05) is 6.07 Å². The molecule has 0 atom stereocenters. The average molecular weight is 279 g/mol. The number of nitrogens with zero attached hydrogens (tertiary/aromatic N) is 2. The van der Waals surface area contributed by atoms with Gasteiger partial charge in [-0.05, 0) is 11.4 Å². The fourth-order valence-corrected chi connectivity index (χ4v) is 1.95. The number of nitrogens with one attached hydrogen (secondary N) is 1. The Kier molecular flexibility index (Phi) is 6.10. The summed E-state index contributed by atoms with van der Waals surface area (Å²) in [4.78, 5) is 5.24. The van der Waals surface area contributed by atoms with Gasteiger partial charge in [0.2, 0.25) is 0 Å². The number of halogens is 2. The van der Waals surface area contributed by atoms with Crippen molar-refractivity contribution in [2.75, 3.05) is 0 Å². The van der Waals surface area contributed by atoms with Gasteiger partial charge >= 0.3 is 0 Å². The van der Waals surface area contributed by atoms with Gasteiger partial charge in [-0.15, -0.1) is 36.2 Å². The lowest BCUT2D eigenvalue weighted by Gasteiger charge is -2.03. The summed E-state index contributed by atoms with van der Waals surface area (Å²) in [7, 11) is 0. The quantitative estimate of drug-likeness (QED) is 0.667. The van der Waals surface area contributed by atoms with Crippen molar-refractivity contribution in [1.82, 2.24) is 9.55 Å². The van der Waals surface area contributed by atoms with E-state index in [4.69, 9.17) is 11.1 Å². The minimum Gasteiger partial charge on any atom is -0.381 e. The van der Waals surface area contributed by atoms with E-state index in [0.29, 0.717) is 5.82 Å². The molecule has 2 aromatic heterocycles. The van der Waals surface area contributed by atoms with Crippen LogP contribution in [-0.4, -0.2) is 15.4 Å². The molecule has 0 unspecified atom stereocenters. The number of rotatable bonds is 3. The van der Waals surface area contributed by atoms with E-state index in [1.807, 2.05) is 22.2 Å². The molecule has 0 aliphatic rings. The zero-order valence-corrected chi connectivity index (χ0v) is 10.7. The molecule has 0 amide bonds. The smallest absolute Gasteiger partial charge is 0.175 e. The van der Waals surface area contributed by atoms with Crippen LogP contribution in [0.3, 0.4) is 0 Å². The summed E-state index contributed by atoms with van der Waals surface area (Å²) in [5.41, 5.74) is 5.39. The topological polar surface area (TPSA) is 67.7 Å². The molecule has 7 heteroatoms. The van der Waals surface area contributed by atoms with E-state index in [0.717, 1.165) is 6.54 Å². The van der Waals surface area contributed by atoms with Crippen molar-refractivity contribution in [3.63, 3.8) is 0 Å². The van der Waals surface area contributed by atoms with Gasteiger partial charge in [0.1, 0.15) is 0 Å². The zero-order valence-electron chi connectivity index (χ0n) is 8.29. The summed E-state index contributed by atoms with van der Waals surface area (Å²) in [6.45, 7) is 0.729. The maximum atomic E-state index is 7.32. The molecule has 4 nitrogen and oxygen atoms in total. The van der Waals surface area contributed by atoms with Gasteiger partial charge in [0.05, 0.1) is 6.54 Å². The molecule has 0 radical (unpaired) electrons. The molecule has 2 rings (SSSR count). The molecule has 0 spiro atoms. The van der Waals surface area contributed by atoms with E-state index in [1.54, 1.807) is 17.5 Å². The van der Waals surface area contributed by atoms with Crippen LogP contribution in [0.4, 0.5) is 0 Å². The van der Waals surface area contributed by atoms with Gasteiger partial charge in [0.15, 0.2) is 11.7 Å². The molecule has 0 aromatic carbocycles. The average Bonchev–Trinajstić information content (AvgIpc) is 2.75. The number of hydrogen-bond acceptors (Lipinski definition) is 3. The predicted molar refractivity (Wildman–Crippen MR) is 71.2 cm³/mol. The van der Waals surface area contributed by atoms with Crippen LogP contribution in [0.2, 0.25) is 0 Å². The fraction of sp³-hybridized carbons (Fsp3) is 0.111. The highest BCUT2D eigenvalue weighted by Gasteiger charge is 2.05. The van der Waals surface area contributed by atoms with Crippen molar-refractivity contribution in [3.05, 3.63) is 40.6 Å². The third-order valence-corrected chi connectivity index (χ3v) is 2.72. The van der Waals surface area contributed by atoms with Crippen LogP contribution in [-0.2, 0) is 6.54 Å². The van der Waals surface area contributed by atoms with Crippen molar-refractivity contribution in [2.45, 2.75) is 6.54 Å². The lowest BCUT2D eigenvalue weighted by molar-refractivity contribution is 0.796. The monoisotopic (exact) mass is 278 g/mol. The Bertz CT molecular complexity index is 438. The Hall–Kier alpha value is -1.04. The SMILES string of the molecule is Cl.Cl.N=C(N)c1nccn1Cc1cccs1. The largest absolute Gasteiger partial charge is 0.381 e. The number of aromatic nitrogens is 2. The number of amidine groups is 1. The summed E-state index contributed by atoms with van der Waals surface area (Å²) in [5.74, 6) is 0.532. The Morgan fingerprint density at radius 1 is 1.50 bits per heavy atom. The molecule has 0 bridgehead atoms. The van der Waals surface area contributed by atoms with Crippen LogP contribution in [0.5, 0.6) is 0 Å². The summed E-state index contributed by atoms with van der Waals surface area (Å²) in [5, 5.41) is 9.35. The molecular weight excluding hydrogens is 267 g/mol. The Morgan fingerprint density at radius 2 is 2.25 bits per heavy atom. The lowest BCUT2D eigenvalue weighted by Crippen LogP contribution is -2.18. The Balaban J connectivity index is 0.00000112. The van der Waals surface area contributed by atoms with Crippen molar-refractivity contribution in [2.24, 2.45) is 5.73 Å². The molecule has 0 aliphatic carbocycles. The first-order chi connectivity index (χ1) is 6.77. The maximum Gasteiger partial charge on any atom is 0.175 e. The highest BCUT2D eigenvalue weighted by atomic mass is 35.5. The van der Waals surface area contributed by atoms with Crippen LogP contribution in [0.15, 0.2) is 29.9 Å². The number of thiophene rings is 1. The normalized spacial score (nSPS) is 9.00. The predicted octanol–water partition coefficient (Wildman–Crippen LogP) is 2.12. The van der Waals surface area contributed by atoms with E-state index in [1.165, 1.54) is 4.88 Å². The van der Waals surface area contributed by atoms with Crippen LogP contribution >= 0.6 is 36.2 Å². The van der Waals surface area contributed by atoms with Gasteiger partial charge in [0.25, 0.3) is 0 Å². The Morgan fingerprint density at radius 3 is 2.81 bits per heavy atom. The summed E-state index contributed by atoms with van der Waals surface area (Å²) >= 11 is 1.68. The second-order valence-corrected chi connectivity index (χ2v) is 3.90. The summed E-state index contributed by atoms with van der Waals surface area (Å²) in [6, 6.07) is 4.05. The first-order valence-electron chi connectivity index (χ1n) is 4.15. The van der Waals surface area contributed by atoms with Gasteiger partial charge < -0.3 is 10.3 Å². The summed E-state index contributed by atoms with van der Waals surface area (Å²) in [6.07, 6.45) is 3.49. The van der Waals surface area contributed by atoms with Gasteiger partial charge in [0, 0.05) is 17.3 Å². The van der Waals surface area contributed by atoms with E-state index in [2.05, 4.69) is 11.1 Å². The van der Waals surface area contributed by atoms with Gasteiger partial charge in [-0.2, -0.15) is 0 Å². The molecule has 0 saturated heterocycles. The molecule has 0 fully saturated rings. The molecule has 2 aromatic rings. The standard InChI is InChI=1S/C9H10N4S.2ClH/c10-8(11)9-12-3-4-13(9)6-7-2-1-5-14-7;;/h1-5H,6H2,(H3,10,11);2*1H. The van der Waals surface area contributed by atoms with E-state index >= 15 is 0 Å². The van der Waals surface area contributed by atoms with Crippen molar-refractivity contribution < 1.29 is 0 Å². The van der Waals surface area contributed by atoms with E-state index < -0.39 is 0 Å². The highest BCUT2D eigenvalue weighted by Crippen LogP contribution is 2.11.